The SMILES string of the molecule is COc1ccc(NS(=O)(=O)c2ccc3c(c2)OCCO3)cn1. The number of aromatic nitrogens is 1. The molecule has 2 aromatic rings. The number of methoxy groups -OCH3 is 1. The van der Waals surface area contributed by atoms with Crippen molar-refractivity contribution in [3.05, 3.63) is 36.5 Å². The summed E-state index contributed by atoms with van der Waals surface area (Å²) in [5, 5.41) is 0. The maximum Gasteiger partial charge on any atom is 0.262 e. The van der Waals surface area contributed by atoms with Gasteiger partial charge >= 0.3 is 0 Å². The molecule has 7 nitrogen and oxygen atoms in total. The molecule has 0 atom stereocenters. The van der Waals surface area contributed by atoms with E-state index in [0.29, 0.717) is 36.3 Å². The van der Waals surface area contributed by atoms with Gasteiger partial charge in [0, 0.05) is 12.1 Å². The Balaban J connectivity index is 1.85. The summed E-state index contributed by atoms with van der Waals surface area (Å²) in [6.45, 7) is 0.848. The van der Waals surface area contributed by atoms with Crippen molar-refractivity contribution in [1.82, 2.24) is 4.98 Å². The van der Waals surface area contributed by atoms with Crippen molar-refractivity contribution >= 4 is 15.7 Å². The fourth-order valence-corrected chi connectivity index (χ4v) is 3.02. The zero-order chi connectivity index (χ0) is 15.6. The average Bonchev–Trinajstić information content (AvgIpc) is 2.55. The maximum atomic E-state index is 12.4. The molecule has 0 aliphatic carbocycles. The number of fused-ring (bicyclic) bond motifs is 1. The van der Waals surface area contributed by atoms with Crippen LogP contribution in [0.15, 0.2) is 41.4 Å². The zero-order valence-corrected chi connectivity index (χ0v) is 12.6. The van der Waals surface area contributed by atoms with E-state index in [2.05, 4.69) is 9.71 Å². The van der Waals surface area contributed by atoms with Crippen LogP contribution in [0, 0.1) is 0 Å². The van der Waals surface area contributed by atoms with E-state index in [1.165, 1.54) is 25.4 Å². The second kappa shape index (κ2) is 5.72. The van der Waals surface area contributed by atoms with Gasteiger partial charge in [0.05, 0.1) is 23.9 Å². The van der Waals surface area contributed by atoms with Crippen LogP contribution in [0.25, 0.3) is 0 Å². The third-order valence-corrected chi connectivity index (χ3v) is 4.40. The van der Waals surface area contributed by atoms with Crippen LogP contribution >= 0.6 is 0 Å². The molecule has 0 bridgehead atoms. The van der Waals surface area contributed by atoms with E-state index in [0.717, 1.165) is 0 Å². The lowest BCUT2D eigenvalue weighted by Gasteiger charge is -2.19. The molecule has 22 heavy (non-hydrogen) atoms. The van der Waals surface area contributed by atoms with Crippen molar-refractivity contribution in [1.29, 1.82) is 0 Å². The Morgan fingerprint density at radius 2 is 1.91 bits per heavy atom. The molecule has 0 fully saturated rings. The summed E-state index contributed by atoms with van der Waals surface area (Å²) >= 11 is 0. The fraction of sp³-hybridized carbons (Fsp3) is 0.214. The molecule has 1 aromatic carbocycles. The second-order valence-electron chi connectivity index (χ2n) is 4.50. The maximum absolute atomic E-state index is 12.4. The Morgan fingerprint density at radius 3 is 2.59 bits per heavy atom. The normalized spacial score (nSPS) is 13.5. The van der Waals surface area contributed by atoms with E-state index in [-0.39, 0.29) is 4.90 Å². The van der Waals surface area contributed by atoms with Crippen LogP contribution in [0.4, 0.5) is 5.69 Å². The number of anilines is 1. The lowest BCUT2D eigenvalue weighted by atomic mass is 10.3. The van der Waals surface area contributed by atoms with Crippen LogP contribution < -0.4 is 18.9 Å². The number of sulfonamides is 1. The highest BCUT2D eigenvalue weighted by atomic mass is 32.2. The molecular formula is C14H14N2O5S. The number of hydrogen-bond acceptors (Lipinski definition) is 6. The van der Waals surface area contributed by atoms with Crippen molar-refractivity contribution in [2.45, 2.75) is 4.90 Å². The highest BCUT2D eigenvalue weighted by molar-refractivity contribution is 7.92. The number of rotatable bonds is 4. The summed E-state index contributed by atoms with van der Waals surface area (Å²) in [5.74, 6) is 1.36. The fourth-order valence-electron chi connectivity index (χ4n) is 1.97. The number of hydrogen-bond donors (Lipinski definition) is 1. The van der Waals surface area contributed by atoms with Crippen LogP contribution in [-0.2, 0) is 10.0 Å². The van der Waals surface area contributed by atoms with Crippen molar-refractivity contribution in [2.24, 2.45) is 0 Å². The standard InChI is InChI=1S/C14H14N2O5S/c1-19-14-5-2-10(9-15-14)16-22(17,18)11-3-4-12-13(8-11)21-7-6-20-12/h2-5,8-9,16H,6-7H2,1H3. The van der Waals surface area contributed by atoms with Crippen molar-refractivity contribution < 1.29 is 22.6 Å². The van der Waals surface area contributed by atoms with Crippen molar-refractivity contribution in [2.75, 3.05) is 25.0 Å². The molecule has 1 aliphatic rings. The van der Waals surface area contributed by atoms with E-state index in [1.807, 2.05) is 0 Å². The van der Waals surface area contributed by atoms with Crippen LogP contribution in [0.2, 0.25) is 0 Å². The molecule has 1 N–H and O–H groups in total. The number of benzene rings is 1. The minimum Gasteiger partial charge on any atom is -0.486 e. The largest absolute Gasteiger partial charge is 0.486 e. The third kappa shape index (κ3) is 2.91. The lowest BCUT2D eigenvalue weighted by Crippen LogP contribution is -2.17. The molecule has 0 saturated carbocycles. The van der Waals surface area contributed by atoms with Gasteiger partial charge in [0.2, 0.25) is 5.88 Å². The van der Waals surface area contributed by atoms with E-state index in [1.54, 1.807) is 18.2 Å². The van der Waals surface area contributed by atoms with Crippen molar-refractivity contribution in [3.8, 4) is 17.4 Å². The first-order valence-electron chi connectivity index (χ1n) is 6.51. The van der Waals surface area contributed by atoms with E-state index < -0.39 is 10.0 Å². The van der Waals surface area contributed by atoms with Gasteiger partial charge in [-0.25, -0.2) is 13.4 Å². The third-order valence-electron chi connectivity index (χ3n) is 3.02. The van der Waals surface area contributed by atoms with Gasteiger partial charge in [-0.05, 0) is 18.2 Å². The topological polar surface area (TPSA) is 86.8 Å². The molecular weight excluding hydrogens is 308 g/mol. The lowest BCUT2D eigenvalue weighted by molar-refractivity contribution is 0.171. The first-order valence-corrected chi connectivity index (χ1v) is 7.99. The second-order valence-corrected chi connectivity index (χ2v) is 6.18. The predicted octanol–water partition coefficient (Wildman–Crippen LogP) is 1.66. The summed E-state index contributed by atoms with van der Waals surface area (Å²) in [6, 6.07) is 7.62. The molecule has 0 unspecified atom stereocenters. The monoisotopic (exact) mass is 322 g/mol. The summed E-state index contributed by atoms with van der Waals surface area (Å²) in [4.78, 5) is 4.04. The van der Waals surface area contributed by atoms with Gasteiger partial charge in [0.1, 0.15) is 13.2 Å². The summed E-state index contributed by atoms with van der Waals surface area (Å²) in [6.07, 6.45) is 1.38. The van der Waals surface area contributed by atoms with Crippen LogP contribution in [0.5, 0.6) is 17.4 Å². The number of nitrogens with zero attached hydrogens (tertiary/aromatic N) is 1. The first kappa shape index (κ1) is 14.5. The molecule has 2 heterocycles. The Bertz CT molecular complexity index is 774. The Labute approximate surface area is 127 Å². The van der Waals surface area contributed by atoms with Crippen LogP contribution in [-0.4, -0.2) is 33.7 Å². The summed E-state index contributed by atoms with van der Waals surface area (Å²) in [7, 11) is -2.25. The van der Waals surface area contributed by atoms with Gasteiger partial charge in [0.15, 0.2) is 11.5 Å². The highest BCUT2D eigenvalue weighted by Gasteiger charge is 2.19. The highest BCUT2D eigenvalue weighted by Crippen LogP contribution is 2.32. The number of ether oxygens (including phenoxy) is 3. The van der Waals surface area contributed by atoms with Gasteiger partial charge in [-0.1, -0.05) is 0 Å². The minimum atomic E-state index is -3.73. The molecule has 8 heteroatoms. The van der Waals surface area contributed by atoms with Crippen LogP contribution in [0.3, 0.4) is 0 Å². The van der Waals surface area contributed by atoms with Crippen LogP contribution in [0.1, 0.15) is 0 Å². The predicted molar refractivity (Wildman–Crippen MR) is 79.0 cm³/mol. The first-order chi connectivity index (χ1) is 10.6. The number of nitrogens with one attached hydrogen (secondary N) is 1. The van der Waals surface area contributed by atoms with E-state index in [4.69, 9.17) is 14.2 Å². The molecule has 0 spiro atoms. The zero-order valence-electron chi connectivity index (χ0n) is 11.8. The van der Waals surface area contributed by atoms with Gasteiger partial charge in [-0.3, -0.25) is 4.72 Å². The molecule has 1 aromatic heterocycles. The van der Waals surface area contributed by atoms with Crippen molar-refractivity contribution in [3.63, 3.8) is 0 Å². The van der Waals surface area contributed by atoms with Gasteiger partial charge < -0.3 is 14.2 Å². The Hall–Kier alpha value is -2.48. The quantitative estimate of drug-likeness (QED) is 0.921. The molecule has 0 saturated heterocycles. The smallest absolute Gasteiger partial charge is 0.262 e. The van der Waals surface area contributed by atoms with Gasteiger partial charge in [0.25, 0.3) is 10.0 Å². The Kier molecular flexibility index (Phi) is 3.76. The molecule has 1 aliphatic heterocycles. The molecule has 0 radical (unpaired) electrons. The number of pyridine rings is 1. The van der Waals surface area contributed by atoms with Gasteiger partial charge in [-0.15, -0.1) is 0 Å². The van der Waals surface area contributed by atoms with Gasteiger partial charge in [-0.2, -0.15) is 0 Å². The molecule has 3 rings (SSSR count). The van der Waals surface area contributed by atoms with E-state index in [9.17, 15) is 8.42 Å². The van der Waals surface area contributed by atoms with E-state index >= 15 is 0 Å². The summed E-state index contributed by atoms with van der Waals surface area (Å²) in [5.41, 5.74) is 0.343. The Morgan fingerprint density at radius 1 is 1.14 bits per heavy atom. The molecule has 116 valence electrons. The minimum absolute atomic E-state index is 0.0903. The summed E-state index contributed by atoms with van der Waals surface area (Å²) < 4.78 is 42.9. The molecule has 0 amide bonds. The average molecular weight is 322 g/mol.